The van der Waals surface area contributed by atoms with Gasteiger partial charge in [-0.15, -0.1) is 12.6 Å². The first-order valence-electron chi connectivity index (χ1n) is 2.87. The molecule has 60 valence electrons. The van der Waals surface area contributed by atoms with E-state index in [1.165, 1.54) is 0 Å². The average molecular weight is 209 g/mol. The standard InChI is InChI=1S/C7H6Cl2OS/c1-10-6-2-4(8)5(9)3-7(6)11/h2-3,11H,1H3. The predicted octanol–water partition coefficient (Wildman–Crippen LogP) is 3.29. The van der Waals surface area contributed by atoms with Crippen molar-refractivity contribution in [3.63, 3.8) is 0 Å². The zero-order chi connectivity index (χ0) is 8.43. The lowest BCUT2D eigenvalue weighted by molar-refractivity contribution is 0.405. The van der Waals surface area contributed by atoms with Crippen LogP contribution in [0.25, 0.3) is 0 Å². The van der Waals surface area contributed by atoms with Crippen LogP contribution in [0.1, 0.15) is 0 Å². The van der Waals surface area contributed by atoms with Crippen LogP contribution < -0.4 is 4.74 Å². The first-order chi connectivity index (χ1) is 5.15. The third-order valence-electron chi connectivity index (χ3n) is 1.22. The number of halogens is 2. The average Bonchev–Trinajstić information content (AvgIpc) is 1.97. The number of hydrogen-bond donors (Lipinski definition) is 1. The first kappa shape index (κ1) is 9.04. The van der Waals surface area contributed by atoms with Crippen LogP contribution in [0.15, 0.2) is 17.0 Å². The molecule has 0 heterocycles. The predicted molar refractivity (Wildman–Crippen MR) is 50.3 cm³/mol. The molecule has 0 spiro atoms. The lowest BCUT2D eigenvalue weighted by Gasteiger charge is -2.04. The molecule has 0 radical (unpaired) electrons. The van der Waals surface area contributed by atoms with Crippen molar-refractivity contribution in [2.75, 3.05) is 7.11 Å². The molecule has 0 saturated heterocycles. The van der Waals surface area contributed by atoms with Gasteiger partial charge >= 0.3 is 0 Å². The topological polar surface area (TPSA) is 9.23 Å². The van der Waals surface area contributed by atoms with Gasteiger partial charge in [0.05, 0.1) is 17.2 Å². The number of thiol groups is 1. The van der Waals surface area contributed by atoms with Gasteiger partial charge < -0.3 is 4.74 Å². The molecule has 0 aromatic heterocycles. The molecule has 0 saturated carbocycles. The number of benzene rings is 1. The second kappa shape index (κ2) is 3.57. The maximum Gasteiger partial charge on any atom is 0.133 e. The maximum absolute atomic E-state index is 5.72. The van der Waals surface area contributed by atoms with E-state index in [1.807, 2.05) is 0 Å². The van der Waals surface area contributed by atoms with Crippen LogP contribution in [0.4, 0.5) is 0 Å². The molecule has 1 nitrogen and oxygen atoms in total. The highest BCUT2D eigenvalue weighted by Gasteiger charge is 2.03. The second-order valence-electron chi connectivity index (χ2n) is 1.94. The minimum Gasteiger partial charge on any atom is -0.496 e. The first-order valence-corrected chi connectivity index (χ1v) is 4.07. The van der Waals surface area contributed by atoms with Crippen LogP contribution in [-0.4, -0.2) is 7.11 Å². The Balaban J connectivity index is 3.21. The van der Waals surface area contributed by atoms with Gasteiger partial charge in [0.2, 0.25) is 0 Å². The largest absolute Gasteiger partial charge is 0.496 e. The summed E-state index contributed by atoms with van der Waals surface area (Å²) < 4.78 is 4.96. The minimum absolute atomic E-state index is 0.473. The quantitative estimate of drug-likeness (QED) is 0.698. The number of ether oxygens (including phenoxy) is 1. The van der Waals surface area contributed by atoms with Crippen LogP contribution >= 0.6 is 35.8 Å². The summed E-state index contributed by atoms with van der Waals surface area (Å²) in [6.45, 7) is 0. The Hall–Kier alpha value is -0.0500. The molecule has 0 aliphatic carbocycles. The maximum atomic E-state index is 5.72. The summed E-state index contributed by atoms with van der Waals surface area (Å²) in [5.41, 5.74) is 0. The molecule has 1 rings (SSSR count). The van der Waals surface area contributed by atoms with Gasteiger partial charge in [0.1, 0.15) is 5.75 Å². The molecule has 4 heteroatoms. The Bertz CT molecular complexity index is 275. The van der Waals surface area contributed by atoms with E-state index in [4.69, 9.17) is 27.9 Å². The number of rotatable bonds is 1. The van der Waals surface area contributed by atoms with Crippen molar-refractivity contribution in [2.24, 2.45) is 0 Å². The van der Waals surface area contributed by atoms with E-state index < -0.39 is 0 Å². The van der Waals surface area contributed by atoms with E-state index in [-0.39, 0.29) is 0 Å². The van der Waals surface area contributed by atoms with Gasteiger partial charge in [-0.3, -0.25) is 0 Å². The molecular weight excluding hydrogens is 203 g/mol. The smallest absolute Gasteiger partial charge is 0.133 e. The SMILES string of the molecule is COc1cc(Cl)c(Cl)cc1S. The molecule has 1 aromatic carbocycles. The monoisotopic (exact) mass is 208 g/mol. The van der Waals surface area contributed by atoms with E-state index in [1.54, 1.807) is 19.2 Å². The Morgan fingerprint density at radius 1 is 1.27 bits per heavy atom. The van der Waals surface area contributed by atoms with Gasteiger partial charge in [-0.2, -0.15) is 0 Å². The van der Waals surface area contributed by atoms with Gasteiger partial charge in [-0.05, 0) is 6.07 Å². The molecule has 0 atom stereocenters. The fraction of sp³-hybridized carbons (Fsp3) is 0.143. The molecule has 0 aliphatic rings. The van der Waals surface area contributed by atoms with Crippen molar-refractivity contribution in [1.29, 1.82) is 0 Å². The van der Waals surface area contributed by atoms with Crippen molar-refractivity contribution < 1.29 is 4.74 Å². The highest BCUT2D eigenvalue weighted by Crippen LogP contribution is 2.32. The fourth-order valence-corrected chi connectivity index (χ4v) is 1.36. The van der Waals surface area contributed by atoms with E-state index in [2.05, 4.69) is 12.6 Å². The number of hydrogen-bond acceptors (Lipinski definition) is 2. The lowest BCUT2D eigenvalue weighted by Crippen LogP contribution is -1.84. The Morgan fingerprint density at radius 2 is 1.82 bits per heavy atom. The van der Waals surface area contributed by atoms with E-state index in [9.17, 15) is 0 Å². The van der Waals surface area contributed by atoms with Crippen molar-refractivity contribution in [1.82, 2.24) is 0 Å². The summed E-state index contributed by atoms with van der Waals surface area (Å²) in [4.78, 5) is 0.682. The zero-order valence-corrected chi connectivity index (χ0v) is 8.17. The number of methoxy groups -OCH3 is 1. The normalized spacial score (nSPS) is 9.82. The Labute approximate surface area is 80.7 Å². The third kappa shape index (κ3) is 1.95. The van der Waals surface area contributed by atoms with Crippen LogP contribution in [-0.2, 0) is 0 Å². The lowest BCUT2D eigenvalue weighted by atomic mass is 10.3. The summed E-state index contributed by atoms with van der Waals surface area (Å²) in [6.07, 6.45) is 0. The Morgan fingerprint density at radius 3 is 2.36 bits per heavy atom. The summed E-state index contributed by atoms with van der Waals surface area (Å²) in [6, 6.07) is 3.28. The van der Waals surface area contributed by atoms with Crippen molar-refractivity contribution >= 4 is 35.8 Å². The molecule has 0 bridgehead atoms. The highest BCUT2D eigenvalue weighted by molar-refractivity contribution is 7.80. The minimum atomic E-state index is 0.473. The van der Waals surface area contributed by atoms with Crippen LogP contribution in [0.3, 0.4) is 0 Å². The van der Waals surface area contributed by atoms with Gasteiger partial charge in [0, 0.05) is 11.0 Å². The van der Waals surface area contributed by atoms with Crippen LogP contribution in [0.5, 0.6) is 5.75 Å². The molecule has 0 fully saturated rings. The van der Waals surface area contributed by atoms with Crippen molar-refractivity contribution in [3.8, 4) is 5.75 Å². The molecule has 0 aliphatic heterocycles. The third-order valence-corrected chi connectivity index (χ3v) is 2.29. The van der Waals surface area contributed by atoms with E-state index in [0.717, 1.165) is 0 Å². The molecule has 0 N–H and O–H groups in total. The summed E-state index contributed by atoms with van der Waals surface area (Å²) in [7, 11) is 1.55. The summed E-state index contributed by atoms with van der Waals surface area (Å²) in [5, 5.41) is 0.957. The van der Waals surface area contributed by atoms with Crippen LogP contribution in [0, 0.1) is 0 Å². The van der Waals surface area contributed by atoms with E-state index in [0.29, 0.717) is 20.7 Å². The van der Waals surface area contributed by atoms with Crippen molar-refractivity contribution in [3.05, 3.63) is 22.2 Å². The summed E-state index contributed by atoms with van der Waals surface area (Å²) >= 11 is 15.6. The van der Waals surface area contributed by atoms with Gasteiger partial charge in [-0.1, -0.05) is 23.2 Å². The zero-order valence-electron chi connectivity index (χ0n) is 5.77. The fourth-order valence-electron chi connectivity index (χ4n) is 0.682. The van der Waals surface area contributed by atoms with E-state index >= 15 is 0 Å². The second-order valence-corrected chi connectivity index (χ2v) is 3.23. The summed E-state index contributed by atoms with van der Waals surface area (Å²) in [5.74, 6) is 0.628. The Kier molecular flexibility index (Phi) is 2.93. The molecule has 1 aromatic rings. The molecular formula is C7H6Cl2OS. The molecule has 0 amide bonds. The molecule has 0 unspecified atom stereocenters. The van der Waals surface area contributed by atoms with Gasteiger partial charge in [0.15, 0.2) is 0 Å². The van der Waals surface area contributed by atoms with Crippen LogP contribution in [0.2, 0.25) is 10.0 Å². The van der Waals surface area contributed by atoms with Crippen molar-refractivity contribution in [2.45, 2.75) is 4.90 Å². The van der Waals surface area contributed by atoms with Gasteiger partial charge in [-0.25, -0.2) is 0 Å². The highest BCUT2D eigenvalue weighted by atomic mass is 35.5. The van der Waals surface area contributed by atoms with Gasteiger partial charge in [0.25, 0.3) is 0 Å². The molecule has 11 heavy (non-hydrogen) atoms.